The van der Waals surface area contributed by atoms with Gasteiger partial charge >= 0.3 is 6.09 Å². The first-order valence-electron chi connectivity index (χ1n) is 8.71. The van der Waals surface area contributed by atoms with Crippen LogP contribution in [0, 0.1) is 0 Å². The molecule has 0 N–H and O–H groups in total. The van der Waals surface area contributed by atoms with Crippen LogP contribution in [0.25, 0.3) is 5.65 Å². The Labute approximate surface area is 153 Å². The Morgan fingerprint density at radius 3 is 2.68 bits per heavy atom. The molecule has 0 aromatic carbocycles. The molecule has 7 heteroatoms. The van der Waals surface area contributed by atoms with Crippen molar-refractivity contribution in [2.45, 2.75) is 64.5 Å². The molecular weight excluding hydrogens is 340 g/mol. The molecule has 0 radical (unpaired) electrons. The molecule has 0 aliphatic heterocycles. The van der Waals surface area contributed by atoms with Gasteiger partial charge in [-0.25, -0.2) is 14.3 Å². The van der Waals surface area contributed by atoms with Crippen LogP contribution < -0.4 is 0 Å². The number of hydrogen-bond acceptors (Lipinski definition) is 4. The minimum atomic E-state index is -0.535. The highest BCUT2D eigenvalue weighted by atomic mass is 35.5. The van der Waals surface area contributed by atoms with Gasteiger partial charge in [0.2, 0.25) is 0 Å². The maximum atomic E-state index is 12.4. The molecule has 1 unspecified atom stereocenters. The van der Waals surface area contributed by atoms with Crippen LogP contribution in [0.4, 0.5) is 4.79 Å². The molecule has 136 valence electrons. The van der Waals surface area contributed by atoms with E-state index < -0.39 is 5.60 Å². The summed E-state index contributed by atoms with van der Waals surface area (Å²) in [7, 11) is 1.73. The quantitative estimate of drug-likeness (QED) is 0.745. The summed E-state index contributed by atoms with van der Waals surface area (Å²) in [6, 6.07) is 3.60. The fourth-order valence-corrected chi connectivity index (χ4v) is 3.10. The Bertz CT molecular complexity index is 792. The molecule has 2 heterocycles. The number of hydrogen-bond donors (Lipinski definition) is 0. The summed E-state index contributed by atoms with van der Waals surface area (Å²) in [5, 5.41) is 5.13. The molecule has 2 aromatic rings. The highest BCUT2D eigenvalue weighted by Crippen LogP contribution is 2.40. The van der Waals surface area contributed by atoms with Crippen LogP contribution in [-0.2, 0) is 4.74 Å². The number of nitrogens with zero attached hydrogens (tertiary/aromatic N) is 4. The Morgan fingerprint density at radius 1 is 1.44 bits per heavy atom. The van der Waals surface area contributed by atoms with Crippen LogP contribution in [0.15, 0.2) is 12.1 Å². The van der Waals surface area contributed by atoms with Gasteiger partial charge in [-0.15, -0.1) is 0 Å². The highest BCUT2D eigenvalue weighted by molar-refractivity contribution is 6.29. The summed E-state index contributed by atoms with van der Waals surface area (Å²) >= 11 is 6.38. The van der Waals surface area contributed by atoms with Crippen molar-refractivity contribution in [3.8, 4) is 0 Å². The zero-order valence-corrected chi connectivity index (χ0v) is 16.2. The zero-order chi connectivity index (χ0) is 18.4. The number of fused-ring (bicyclic) bond motifs is 1. The molecule has 1 amide bonds. The van der Waals surface area contributed by atoms with Crippen molar-refractivity contribution in [3.63, 3.8) is 0 Å². The lowest BCUT2D eigenvalue weighted by Crippen LogP contribution is -2.36. The smallest absolute Gasteiger partial charge is 0.410 e. The van der Waals surface area contributed by atoms with Crippen molar-refractivity contribution in [2.24, 2.45) is 0 Å². The van der Waals surface area contributed by atoms with E-state index in [-0.39, 0.29) is 12.1 Å². The van der Waals surface area contributed by atoms with E-state index in [4.69, 9.17) is 16.3 Å². The van der Waals surface area contributed by atoms with Crippen LogP contribution >= 0.6 is 11.6 Å². The summed E-state index contributed by atoms with van der Waals surface area (Å²) in [4.78, 5) is 18.7. The van der Waals surface area contributed by atoms with Gasteiger partial charge in [-0.05, 0) is 46.1 Å². The Hall–Kier alpha value is -1.82. The molecule has 0 spiro atoms. The van der Waals surface area contributed by atoms with Crippen LogP contribution in [0.3, 0.4) is 0 Å². The number of carbonyl (C=O) groups excluding carboxylic acids is 1. The van der Waals surface area contributed by atoms with Gasteiger partial charge in [0.25, 0.3) is 0 Å². The Morgan fingerprint density at radius 2 is 2.12 bits per heavy atom. The number of amides is 1. The summed E-state index contributed by atoms with van der Waals surface area (Å²) in [5.41, 5.74) is 1.98. The predicted octanol–water partition coefficient (Wildman–Crippen LogP) is 4.58. The van der Waals surface area contributed by atoms with E-state index in [1.807, 2.05) is 39.8 Å². The summed E-state index contributed by atoms with van der Waals surface area (Å²) in [6.07, 6.45) is 2.68. The third-order valence-electron chi connectivity index (χ3n) is 4.30. The topological polar surface area (TPSA) is 59.7 Å². The van der Waals surface area contributed by atoms with Gasteiger partial charge in [-0.2, -0.15) is 5.10 Å². The van der Waals surface area contributed by atoms with E-state index >= 15 is 0 Å². The summed E-state index contributed by atoms with van der Waals surface area (Å²) in [5.74, 6) is 0.521. The van der Waals surface area contributed by atoms with Crippen molar-refractivity contribution < 1.29 is 9.53 Å². The third-order valence-corrected chi connectivity index (χ3v) is 4.56. The average molecular weight is 365 g/mol. The number of rotatable bonds is 4. The third kappa shape index (κ3) is 3.89. The van der Waals surface area contributed by atoms with Crippen molar-refractivity contribution in [1.29, 1.82) is 0 Å². The van der Waals surface area contributed by atoms with Gasteiger partial charge in [0.1, 0.15) is 10.8 Å². The lowest BCUT2D eigenvalue weighted by atomic mass is 10.1. The predicted molar refractivity (Wildman–Crippen MR) is 97.0 cm³/mol. The number of carbonyl (C=O) groups is 1. The van der Waals surface area contributed by atoms with E-state index in [1.54, 1.807) is 16.5 Å². The molecule has 3 rings (SSSR count). The Balaban J connectivity index is 1.90. The number of aromatic nitrogens is 3. The van der Waals surface area contributed by atoms with Gasteiger partial charge in [0, 0.05) is 24.7 Å². The van der Waals surface area contributed by atoms with Crippen molar-refractivity contribution in [1.82, 2.24) is 19.5 Å². The molecule has 1 aliphatic carbocycles. The van der Waals surface area contributed by atoms with E-state index in [0.717, 1.165) is 17.0 Å². The largest absolute Gasteiger partial charge is 0.444 e. The first-order valence-corrected chi connectivity index (χ1v) is 9.09. The van der Waals surface area contributed by atoms with Crippen molar-refractivity contribution in [3.05, 3.63) is 28.7 Å². The normalized spacial score (nSPS) is 16.1. The first kappa shape index (κ1) is 18.0. The molecule has 1 fully saturated rings. The molecule has 1 saturated carbocycles. The Kier molecular flexibility index (Phi) is 4.66. The van der Waals surface area contributed by atoms with Crippen molar-refractivity contribution in [2.75, 3.05) is 7.05 Å². The molecular formula is C18H25ClN4O2. The van der Waals surface area contributed by atoms with Gasteiger partial charge in [0.15, 0.2) is 5.65 Å². The zero-order valence-electron chi connectivity index (χ0n) is 15.4. The summed E-state index contributed by atoms with van der Waals surface area (Å²) in [6.45, 7) is 7.58. The summed E-state index contributed by atoms with van der Waals surface area (Å²) < 4.78 is 7.10. The second-order valence-electron chi connectivity index (χ2n) is 7.63. The van der Waals surface area contributed by atoms with E-state index in [0.29, 0.717) is 17.5 Å². The number of ether oxygens (including phenoxy) is 1. The standard InChI is InChI=1S/C18H25ClN4O2/c1-6-14(22(5)17(24)25-18(2,3)4)13-10-16-20-12(11-7-8-11)9-15(19)23(16)21-13/h9-11,14H,6-8H2,1-5H3. The molecule has 1 aliphatic rings. The van der Waals surface area contributed by atoms with Crippen LogP contribution in [-0.4, -0.2) is 38.2 Å². The van der Waals surface area contributed by atoms with Crippen LogP contribution in [0.5, 0.6) is 0 Å². The molecule has 6 nitrogen and oxygen atoms in total. The SMILES string of the molecule is CCC(c1cc2nc(C3CC3)cc(Cl)n2n1)N(C)C(=O)OC(C)(C)C. The molecule has 0 bridgehead atoms. The van der Waals surface area contributed by atoms with Crippen LogP contribution in [0.2, 0.25) is 5.15 Å². The molecule has 1 atom stereocenters. The lowest BCUT2D eigenvalue weighted by molar-refractivity contribution is 0.0212. The fraction of sp³-hybridized carbons (Fsp3) is 0.611. The van der Waals surface area contributed by atoms with E-state index in [9.17, 15) is 4.79 Å². The van der Waals surface area contributed by atoms with Gasteiger partial charge in [0.05, 0.1) is 11.7 Å². The lowest BCUT2D eigenvalue weighted by Gasteiger charge is -2.29. The second-order valence-corrected chi connectivity index (χ2v) is 8.02. The highest BCUT2D eigenvalue weighted by Gasteiger charge is 2.29. The minimum Gasteiger partial charge on any atom is -0.444 e. The van der Waals surface area contributed by atoms with Gasteiger partial charge < -0.3 is 9.64 Å². The minimum absolute atomic E-state index is 0.197. The van der Waals surface area contributed by atoms with E-state index in [1.165, 1.54) is 12.8 Å². The van der Waals surface area contributed by atoms with Gasteiger partial charge in [-0.3, -0.25) is 0 Å². The fourth-order valence-electron chi connectivity index (χ4n) is 2.87. The number of halogens is 1. The maximum Gasteiger partial charge on any atom is 0.410 e. The monoisotopic (exact) mass is 364 g/mol. The molecule has 2 aromatic heterocycles. The average Bonchev–Trinajstić information content (AvgIpc) is 3.26. The van der Waals surface area contributed by atoms with Crippen LogP contribution in [0.1, 0.15) is 70.3 Å². The van der Waals surface area contributed by atoms with E-state index in [2.05, 4.69) is 10.1 Å². The molecule has 0 saturated heterocycles. The maximum absolute atomic E-state index is 12.4. The second kappa shape index (κ2) is 6.48. The van der Waals surface area contributed by atoms with Crippen molar-refractivity contribution >= 4 is 23.3 Å². The van der Waals surface area contributed by atoms with Gasteiger partial charge in [-0.1, -0.05) is 18.5 Å². The first-order chi connectivity index (χ1) is 11.7. The molecule has 25 heavy (non-hydrogen) atoms.